The van der Waals surface area contributed by atoms with Crippen LogP contribution in [0.15, 0.2) is 72.9 Å². The van der Waals surface area contributed by atoms with Gasteiger partial charge in [-0.2, -0.15) is 0 Å². The Bertz CT molecular complexity index is 1490. The number of anilines is 1. The number of non-ortho nitro benzene ring substituents is 1. The van der Waals surface area contributed by atoms with E-state index in [0.717, 1.165) is 28.3 Å². The van der Waals surface area contributed by atoms with E-state index in [2.05, 4.69) is 16.4 Å². The molecule has 1 aliphatic heterocycles. The first-order chi connectivity index (χ1) is 17.8. The number of benzene rings is 2. The smallest absolute Gasteiger partial charge is 0.273 e. The van der Waals surface area contributed by atoms with Crippen LogP contribution in [0, 0.1) is 24.0 Å². The molecule has 0 spiro atoms. The van der Waals surface area contributed by atoms with Crippen LogP contribution >= 0.6 is 12.2 Å². The first-order valence-corrected chi connectivity index (χ1v) is 12.0. The number of nitro benzene ring substituents is 1. The van der Waals surface area contributed by atoms with E-state index in [4.69, 9.17) is 17.0 Å². The van der Waals surface area contributed by atoms with Crippen molar-refractivity contribution in [2.75, 3.05) is 12.0 Å². The number of phenolic OH excluding ortho intramolecular Hbond substituents is 1. The number of phenols is 1. The first kappa shape index (κ1) is 24.3. The number of aromatic hydroxyl groups is 1. The third-order valence-corrected chi connectivity index (χ3v) is 6.94. The topological polar surface area (TPSA) is 106 Å². The minimum absolute atomic E-state index is 0.0395. The number of pyridine rings is 1. The van der Waals surface area contributed by atoms with Gasteiger partial charge < -0.3 is 24.6 Å². The molecular weight excluding hydrogens is 490 g/mol. The quantitative estimate of drug-likeness (QED) is 0.203. The van der Waals surface area contributed by atoms with Crippen LogP contribution < -0.4 is 15.0 Å². The van der Waals surface area contributed by atoms with Crippen molar-refractivity contribution in [3.63, 3.8) is 0 Å². The Kier molecular flexibility index (Phi) is 6.26. The van der Waals surface area contributed by atoms with Crippen LogP contribution in [0.4, 0.5) is 11.4 Å². The predicted octanol–water partition coefficient (Wildman–Crippen LogP) is 5.29. The van der Waals surface area contributed by atoms with Crippen molar-refractivity contribution in [2.24, 2.45) is 0 Å². The average Bonchev–Trinajstić information content (AvgIpc) is 3.39. The Balaban J connectivity index is 1.68. The van der Waals surface area contributed by atoms with E-state index in [1.807, 2.05) is 53.6 Å². The second kappa shape index (κ2) is 9.55. The molecule has 5 rings (SSSR count). The van der Waals surface area contributed by atoms with E-state index < -0.39 is 4.92 Å². The van der Waals surface area contributed by atoms with Crippen LogP contribution in [0.2, 0.25) is 0 Å². The zero-order valence-corrected chi connectivity index (χ0v) is 21.3. The van der Waals surface area contributed by atoms with Gasteiger partial charge in [-0.25, -0.2) is 0 Å². The van der Waals surface area contributed by atoms with Crippen molar-refractivity contribution in [3.05, 3.63) is 106 Å². The summed E-state index contributed by atoms with van der Waals surface area (Å²) >= 11 is 5.80. The van der Waals surface area contributed by atoms with E-state index in [1.54, 1.807) is 24.4 Å². The zero-order chi connectivity index (χ0) is 26.3. The average molecular weight is 516 g/mol. The fourth-order valence-electron chi connectivity index (χ4n) is 4.98. The molecule has 10 heteroatoms. The van der Waals surface area contributed by atoms with Gasteiger partial charge in [-0.3, -0.25) is 15.1 Å². The second-order valence-electron chi connectivity index (χ2n) is 8.79. The molecule has 9 nitrogen and oxygen atoms in total. The summed E-state index contributed by atoms with van der Waals surface area (Å²) in [7, 11) is 1.50. The van der Waals surface area contributed by atoms with Gasteiger partial charge in [0.05, 0.1) is 41.6 Å². The highest BCUT2D eigenvalue weighted by Crippen LogP contribution is 2.44. The molecule has 0 radical (unpaired) electrons. The Hall–Kier alpha value is -4.44. The fraction of sp³-hybridized carbons (Fsp3) is 0.185. The molecule has 37 heavy (non-hydrogen) atoms. The van der Waals surface area contributed by atoms with Crippen LogP contribution in [-0.4, -0.2) is 31.8 Å². The molecule has 0 amide bonds. The van der Waals surface area contributed by atoms with E-state index in [-0.39, 0.29) is 23.5 Å². The number of hydrogen-bond donors (Lipinski definition) is 2. The van der Waals surface area contributed by atoms with Crippen LogP contribution in [-0.2, 0) is 0 Å². The highest BCUT2D eigenvalue weighted by Gasteiger charge is 2.42. The standard InChI is InChI=1S/C27H25N5O4S/c1-16-14-21(17(2)30(16)23-12-9-19(32(34)35)15-24(23)36-3)26-25(22-6-4-5-13-28-22)29-27(37)31(26)18-7-10-20(33)11-8-18/h4-15,25-26,33H,1-3H3,(H,29,37). The third-order valence-electron chi connectivity index (χ3n) is 6.63. The molecule has 1 saturated heterocycles. The number of nitrogens with one attached hydrogen (secondary N) is 1. The molecule has 2 atom stereocenters. The molecule has 188 valence electrons. The third kappa shape index (κ3) is 4.25. The number of aryl methyl sites for hydroxylation is 1. The lowest BCUT2D eigenvalue weighted by Gasteiger charge is -2.28. The molecule has 2 aromatic heterocycles. The lowest BCUT2D eigenvalue weighted by atomic mass is 9.96. The summed E-state index contributed by atoms with van der Waals surface area (Å²) in [5.74, 6) is 0.572. The predicted molar refractivity (Wildman–Crippen MR) is 144 cm³/mol. The lowest BCUT2D eigenvalue weighted by Crippen LogP contribution is -2.29. The van der Waals surface area contributed by atoms with Gasteiger partial charge >= 0.3 is 0 Å². The lowest BCUT2D eigenvalue weighted by molar-refractivity contribution is -0.384. The molecule has 1 fully saturated rings. The number of nitrogens with zero attached hydrogens (tertiary/aromatic N) is 4. The number of methoxy groups -OCH3 is 1. The van der Waals surface area contributed by atoms with E-state index >= 15 is 0 Å². The van der Waals surface area contributed by atoms with Crippen LogP contribution in [0.5, 0.6) is 11.5 Å². The first-order valence-electron chi connectivity index (χ1n) is 11.6. The van der Waals surface area contributed by atoms with Crippen molar-refractivity contribution in [2.45, 2.75) is 25.9 Å². The van der Waals surface area contributed by atoms with Gasteiger partial charge in [-0.15, -0.1) is 0 Å². The Morgan fingerprint density at radius 3 is 2.51 bits per heavy atom. The molecule has 2 N–H and O–H groups in total. The molecule has 3 heterocycles. The van der Waals surface area contributed by atoms with Crippen LogP contribution in [0.3, 0.4) is 0 Å². The van der Waals surface area contributed by atoms with Crippen molar-refractivity contribution in [1.29, 1.82) is 0 Å². The molecule has 4 aromatic rings. The second-order valence-corrected chi connectivity index (χ2v) is 9.17. The Labute approximate surface area is 219 Å². The number of ether oxygens (including phenoxy) is 1. The zero-order valence-electron chi connectivity index (χ0n) is 20.5. The van der Waals surface area contributed by atoms with Crippen molar-refractivity contribution >= 4 is 28.7 Å². The van der Waals surface area contributed by atoms with Gasteiger partial charge in [-0.05, 0) is 80.2 Å². The SMILES string of the molecule is COc1cc([N+](=O)[O-])ccc1-n1c(C)cc(C2C(c3ccccn3)NC(=S)N2c2ccc(O)cc2)c1C. The monoisotopic (exact) mass is 515 g/mol. The van der Waals surface area contributed by atoms with Crippen molar-refractivity contribution < 1.29 is 14.8 Å². The summed E-state index contributed by atoms with van der Waals surface area (Å²) in [5.41, 5.74) is 5.21. The largest absolute Gasteiger partial charge is 0.508 e. The maximum atomic E-state index is 11.3. The number of rotatable bonds is 6. The van der Waals surface area contributed by atoms with Gasteiger partial charge in [-0.1, -0.05) is 6.07 Å². The van der Waals surface area contributed by atoms with Gasteiger partial charge in [0.25, 0.3) is 5.69 Å². The minimum Gasteiger partial charge on any atom is -0.508 e. The van der Waals surface area contributed by atoms with Gasteiger partial charge in [0, 0.05) is 29.3 Å². The van der Waals surface area contributed by atoms with Gasteiger partial charge in [0.15, 0.2) is 5.11 Å². The van der Waals surface area contributed by atoms with Crippen molar-refractivity contribution in [1.82, 2.24) is 14.9 Å². The summed E-state index contributed by atoms with van der Waals surface area (Å²) < 4.78 is 7.57. The van der Waals surface area contributed by atoms with E-state index in [9.17, 15) is 15.2 Å². The molecule has 0 aliphatic carbocycles. The summed E-state index contributed by atoms with van der Waals surface area (Å²) in [4.78, 5) is 17.5. The number of aromatic nitrogens is 2. The molecule has 0 saturated carbocycles. The highest BCUT2D eigenvalue weighted by molar-refractivity contribution is 7.80. The van der Waals surface area contributed by atoms with Crippen LogP contribution in [0.1, 0.15) is 34.7 Å². The molecular formula is C27H25N5O4S. The molecule has 1 aliphatic rings. The highest BCUT2D eigenvalue weighted by atomic mass is 32.1. The Morgan fingerprint density at radius 1 is 1.11 bits per heavy atom. The maximum absolute atomic E-state index is 11.3. The summed E-state index contributed by atoms with van der Waals surface area (Å²) in [6, 6.07) is 18.9. The van der Waals surface area contributed by atoms with Crippen molar-refractivity contribution in [3.8, 4) is 17.2 Å². The minimum atomic E-state index is -0.439. The molecule has 0 bridgehead atoms. The fourth-order valence-corrected chi connectivity index (χ4v) is 5.33. The molecule has 2 aromatic carbocycles. The normalized spacial score (nSPS) is 17.1. The van der Waals surface area contributed by atoms with Crippen LogP contribution in [0.25, 0.3) is 5.69 Å². The van der Waals surface area contributed by atoms with E-state index in [1.165, 1.54) is 19.2 Å². The number of nitro groups is 1. The van der Waals surface area contributed by atoms with Gasteiger partial charge in [0.2, 0.25) is 0 Å². The summed E-state index contributed by atoms with van der Waals surface area (Å²) in [5, 5.41) is 25.2. The molecule has 2 unspecified atom stereocenters. The maximum Gasteiger partial charge on any atom is 0.273 e. The van der Waals surface area contributed by atoms with E-state index in [0.29, 0.717) is 16.5 Å². The summed E-state index contributed by atoms with van der Waals surface area (Å²) in [6.45, 7) is 3.99. The van der Waals surface area contributed by atoms with Gasteiger partial charge in [0.1, 0.15) is 11.5 Å². The summed E-state index contributed by atoms with van der Waals surface area (Å²) in [6.07, 6.45) is 1.76. The number of hydrogen-bond acceptors (Lipinski definition) is 6. The Morgan fingerprint density at radius 2 is 1.86 bits per heavy atom. The number of thiocarbonyl (C=S) groups is 1.